The van der Waals surface area contributed by atoms with Crippen LogP contribution in [0.25, 0.3) is 64.2 Å². The molecule has 0 aliphatic heterocycles. The maximum absolute atomic E-state index is 5.65. The van der Waals surface area contributed by atoms with Crippen molar-refractivity contribution in [2.75, 3.05) is 0 Å². The van der Waals surface area contributed by atoms with Crippen LogP contribution >= 0.6 is 22.7 Å². The molecule has 7 aromatic rings. The average molecular weight is 793 g/mol. The summed E-state index contributed by atoms with van der Waals surface area (Å²) in [5.41, 5.74) is 14.4. The third kappa shape index (κ3) is 9.55. The molecule has 2 nitrogen and oxygen atoms in total. The standard InChI is InChI=1S/C53H64N2S2/c1-7-10-13-15-17-19-22-42-43(23-20-18-16-14-11-8-2)46-35-47(57-53(46)52-45(42)34-38(6)56-52)44-33-26-37(5)48-51(44)55-50(41-31-27-39(28-32-41)21-12-9-3)49(54-48)40-29-24-36(4)25-30-40/h24-35H,7-23H2,1-6H3. The Balaban J connectivity index is 1.37. The lowest BCUT2D eigenvalue weighted by atomic mass is 9.91. The topological polar surface area (TPSA) is 25.8 Å². The van der Waals surface area contributed by atoms with Gasteiger partial charge in [0.05, 0.1) is 31.8 Å². The van der Waals surface area contributed by atoms with Gasteiger partial charge in [-0.05, 0) is 104 Å². The first kappa shape index (κ1) is 41.3. The second kappa shape index (κ2) is 19.7. The predicted molar refractivity (Wildman–Crippen MR) is 254 cm³/mol. The molecule has 298 valence electrons. The number of thiophene rings is 2. The van der Waals surface area contributed by atoms with Gasteiger partial charge >= 0.3 is 0 Å². The van der Waals surface area contributed by atoms with Crippen molar-refractivity contribution in [1.82, 2.24) is 9.97 Å². The maximum atomic E-state index is 5.65. The molecule has 4 aromatic carbocycles. The molecular weight excluding hydrogens is 729 g/mol. The Labute approximate surface area is 351 Å². The summed E-state index contributed by atoms with van der Waals surface area (Å²) in [7, 11) is 0. The van der Waals surface area contributed by atoms with Crippen molar-refractivity contribution in [2.45, 2.75) is 151 Å². The van der Waals surface area contributed by atoms with Crippen molar-refractivity contribution < 1.29 is 0 Å². The lowest BCUT2D eigenvalue weighted by Crippen LogP contribution is -1.99. The molecule has 0 unspecified atom stereocenters. The van der Waals surface area contributed by atoms with Crippen molar-refractivity contribution in [2.24, 2.45) is 0 Å². The smallest absolute Gasteiger partial charge is 0.0984 e. The molecule has 0 saturated carbocycles. The molecule has 0 N–H and O–H groups in total. The summed E-state index contributed by atoms with van der Waals surface area (Å²) in [4.78, 5) is 13.9. The SMILES string of the molecule is CCCCCCCCc1c(CCCCCCCC)c2cc(-c3ccc(C)c4nc(-c5ccc(C)cc5)c(-c5ccc(CCCC)cc5)nc34)sc2c2sc(C)cc12. The zero-order chi connectivity index (χ0) is 39.7. The lowest BCUT2D eigenvalue weighted by molar-refractivity contribution is 0.600. The van der Waals surface area contributed by atoms with Crippen molar-refractivity contribution in [3.8, 4) is 33.0 Å². The zero-order valence-corrected chi connectivity index (χ0v) is 37.3. The third-order valence-corrected chi connectivity index (χ3v) is 14.4. The minimum Gasteiger partial charge on any atom is -0.244 e. The molecule has 57 heavy (non-hydrogen) atoms. The van der Waals surface area contributed by atoms with Crippen LogP contribution in [0.2, 0.25) is 0 Å². The number of hydrogen-bond acceptors (Lipinski definition) is 4. The molecule has 3 heterocycles. The van der Waals surface area contributed by atoms with Gasteiger partial charge in [-0.15, -0.1) is 22.7 Å². The highest BCUT2D eigenvalue weighted by Crippen LogP contribution is 2.47. The van der Waals surface area contributed by atoms with Gasteiger partial charge in [0.15, 0.2) is 0 Å². The van der Waals surface area contributed by atoms with Gasteiger partial charge in [0.25, 0.3) is 0 Å². The van der Waals surface area contributed by atoms with Crippen LogP contribution in [0.3, 0.4) is 0 Å². The fraction of sp³-hybridized carbons (Fsp3) is 0.434. The molecular formula is C53H64N2S2. The number of aryl methyl sites for hydroxylation is 6. The summed E-state index contributed by atoms with van der Waals surface area (Å²) in [6.07, 6.45) is 21.8. The summed E-state index contributed by atoms with van der Waals surface area (Å²) in [5, 5.41) is 3.01. The Bertz CT molecular complexity index is 2390. The Hall–Kier alpha value is -3.86. The van der Waals surface area contributed by atoms with E-state index in [2.05, 4.69) is 114 Å². The van der Waals surface area contributed by atoms with Gasteiger partial charge in [-0.1, -0.05) is 158 Å². The summed E-state index contributed by atoms with van der Waals surface area (Å²) in [5.74, 6) is 0. The number of unbranched alkanes of at least 4 members (excludes halogenated alkanes) is 11. The van der Waals surface area contributed by atoms with Crippen molar-refractivity contribution in [3.63, 3.8) is 0 Å². The van der Waals surface area contributed by atoms with Gasteiger partial charge in [-0.2, -0.15) is 0 Å². The van der Waals surface area contributed by atoms with Crippen LogP contribution < -0.4 is 0 Å². The summed E-state index contributed by atoms with van der Waals surface area (Å²) in [6.45, 7) is 13.5. The molecule has 0 saturated heterocycles. The lowest BCUT2D eigenvalue weighted by Gasteiger charge is -2.14. The summed E-state index contributed by atoms with van der Waals surface area (Å²) >= 11 is 3.98. The number of aromatic nitrogens is 2. The minimum absolute atomic E-state index is 0.955. The first-order valence-electron chi connectivity index (χ1n) is 22.4. The third-order valence-electron chi connectivity index (χ3n) is 12.0. The van der Waals surface area contributed by atoms with Gasteiger partial charge in [-0.3, -0.25) is 0 Å². The second-order valence-electron chi connectivity index (χ2n) is 16.7. The highest BCUT2D eigenvalue weighted by molar-refractivity contribution is 7.29. The number of hydrogen-bond donors (Lipinski definition) is 0. The van der Waals surface area contributed by atoms with Crippen LogP contribution in [0.15, 0.2) is 72.8 Å². The van der Waals surface area contributed by atoms with Crippen molar-refractivity contribution in [1.29, 1.82) is 0 Å². The Kier molecular flexibility index (Phi) is 14.3. The Morgan fingerprint density at radius 2 is 1.00 bits per heavy atom. The highest BCUT2D eigenvalue weighted by atomic mass is 32.1. The molecule has 0 aliphatic rings. The van der Waals surface area contributed by atoms with Crippen LogP contribution in [0.1, 0.15) is 143 Å². The molecule has 3 aromatic heterocycles. The van der Waals surface area contributed by atoms with E-state index in [9.17, 15) is 0 Å². The zero-order valence-electron chi connectivity index (χ0n) is 35.7. The van der Waals surface area contributed by atoms with Crippen LogP contribution in [0.5, 0.6) is 0 Å². The molecule has 4 heteroatoms. The highest BCUT2D eigenvalue weighted by Gasteiger charge is 2.22. The molecule has 0 amide bonds. The molecule has 0 bridgehead atoms. The van der Waals surface area contributed by atoms with E-state index in [0.717, 1.165) is 40.0 Å². The normalized spacial score (nSPS) is 11.8. The van der Waals surface area contributed by atoms with E-state index in [1.807, 2.05) is 22.7 Å². The van der Waals surface area contributed by atoms with Crippen LogP contribution in [0, 0.1) is 20.8 Å². The van der Waals surface area contributed by atoms with Gasteiger partial charge in [-0.25, -0.2) is 9.97 Å². The number of fused-ring (bicyclic) bond motifs is 4. The fourth-order valence-electron chi connectivity index (χ4n) is 8.67. The first-order valence-corrected chi connectivity index (χ1v) is 24.0. The largest absolute Gasteiger partial charge is 0.244 e. The fourth-order valence-corrected chi connectivity index (χ4v) is 11.1. The first-order chi connectivity index (χ1) is 27.9. The second-order valence-corrected chi connectivity index (χ2v) is 19.0. The molecule has 0 atom stereocenters. The van der Waals surface area contributed by atoms with Gasteiger partial charge in [0, 0.05) is 26.4 Å². The molecule has 7 rings (SSSR count). The quantitative estimate of drug-likeness (QED) is 0.0719. The van der Waals surface area contributed by atoms with E-state index >= 15 is 0 Å². The van der Waals surface area contributed by atoms with Crippen LogP contribution in [0.4, 0.5) is 0 Å². The van der Waals surface area contributed by atoms with Gasteiger partial charge in [0.2, 0.25) is 0 Å². The molecule has 0 spiro atoms. The van der Waals surface area contributed by atoms with Crippen molar-refractivity contribution >= 4 is 53.9 Å². The Morgan fingerprint density at radius 1 is 0.474 bits per heavy atom. The van der Waals surface area contributed by atoms with Gasteiger partial charge in [0.1, 0.15) is 0 Å². The number of rotatable bonds is 20. The summed E-state index contributed by atoms with van der Waals surface area (Å²) < 4.78 is 2.95. The predicted octanol–water partition coefficient (Wildman–Crippen LogP) is 17.1. The van der Waals surface area contributed by atoms with Crippen LogP contribution in [-0.2, 0) is 19.3 Å². The number of benzene rings is 4. The molecule has 0 radical (unpaired) electrons. The van der Waals surface area contributed by atoms with E-state index in [4.69, 9.17) is 9.97 Å². The Morgan fingerprint density at radius 3 is 1.61 bits per heavy atom. The average Bonchev–Trinajstić information content (AvgIpc) is 3.84. The van der Waals surface area contributed by atoms with E-state index in [1.165, 1.54) is 155 Å². The number of nitrogens with zero attached hydrogens (tertiary/aromatic N) is 2. The van der Waals surface area contributed by atoms with E-state index in [-0.39, 0.29) is 0 Å². The summed E-state index contributed by atoms with van der Waals surface area (Å²) in [6, 6.07) is 27.6. The molecule has 0 fully saturated rings. The van der Waals surface area contributed by atoms with E-state index in [0.29, 0.717) is 0 Å². The monoisotopic (exact) mass is 792 g/mol. The van der Waals surface area contributed by atoms with E-state index < -0.39 is 0 Å². The molecule has 0 aliphatic carbocycles. The maximum Gasteiger partial charge on any atom is 0.0984 e. The minimum atomic E-state index is 0.955. The van der Waals surface area contributed by atoms with Crippen molar-refractivity contribution in [3.05, 3.63) is 105 Å². The van der Waals surface area contributed by atoms with Gasteiger partial charge < -0.3 is 0 Å². The van der Waals surface area contributed by atoms with Crippen LogP contribution in [-0.4, -0.2) is 9.97 Å². The van der Waals surface area contributed by atoms with E-state index in [1.54, 1.807) is 11.1 Å².